The van der Waals surface area contributed by atoms with Crippen molar-refractivity contribution >= 4 is 28.4 Å². The van der Waals surface area contributed by atoms with Crippen LogP contribution in [0.2, 0.25) is 0 Å². The number of nitrogens with one attached hydrogen (secondary N) is 1. The van der Waals surface area contributed by atoms with Gasteiger partial charge in [-0.15, -0.1) is 0 Å². The number of hydrogen-bond donors (Lipinski definition) is 2. The molecular weight excluding hydrogens is 348 g/mol. The molecule has 2 unspecified atom stereocenters. The summed E-state index contributed by atoms with van der Waals surface area (Å²) in [5.41, 5.74) is 12.1. The Labute approximate surface area is 164 Å². The van der Waals surface area contributed by atoms with Crippen LogP contribution in [0.4, 0.5) is 11.5 Å². The Bertz CT molecular complexity index is 1080. The monoisotopic (exact) mass is 372 g/mol. The van der Waals surface area contributed by atoms with Gasteiger partial charge in [0.15, 0.2) is 0 Å². The van der Waals surface area contributed by atoms with Gasteiger partial charge in [-0.25, -0.2) is 9.98 Å². The highest BCUT2D eigenvalue weighted by atomic mass is 15.3. The first-order chi connectivity index (χ1) is 13.5. The number of amidine groups is 1. The number of nitrogens with zero attached hydrogens (tertiary/aromatic N) is 4. The van der Waals surface area contributed by atoms with Gasteiger partial charge in [0.05, 0.1) is 22.9 Å². The average molecular weight is 372 g/mol. The Morgan fingerprint density at radius 1 is 1.00 bits per heavy atom. The molecule has 5 rings (SSSR count). The van der Waals surface area contributed by atoms with E-state index in [1.807, 2.05) is 12.3 Å². The fourth-order valence-corrected chi connectivity index (χ4v) is 4.23. The van der Waals surface area contributed by atoms with Gasteiger partial charge in [0.2, 0.25) is 0 Å². The van der Waals surface area contributed by atoms with Crippen molar-refractivity contribution in [1.82, 2.24) is 15.3 Å². The van der Waals surface area contributed by atoms with E-state index in [0.717, 1.165) is 53.2 Å². The Hall–Kier alpha value is -2.99. The van der Waals surface area contributed by atoms with Crippen LogP contribution in [0.3, 0.4) is 0 Å². The number of piperazine rings is 1. The van der Waals surface area contributed by atoms with Crippen LogP contribution < -0.4 is 16.0 Å². The molecule has 0 saturated carbocycles. The summed E-state index contributed by atoms with van der Waals surface area (Å²) in [6.07, 6.45) is 2.63. The summed E-state index contributed by atoms with van der Waals surface area (Å²) < 4.78 is 0. The highest BCUT2D eigenvalue weighted by Gasteiger charge is 2.22. The van der Waals surface area contributed by atoms with Gasteiger partial charge in [0.25, 0.3) is 0 Å². The second-order valence-corrected chi connectivity index (χ2v) is 7.93. The van der Waals surface area contributed by atoms with Gasteiger partial charge in [-0.3, -0.25) is 4.98 Å². The van der Waals surface area contributed by atoms with E-state index in [4.69, 9.17) is 10.7 Å². The quantitative estimate of drug-likeness (QED) is 0.723. The maximum Gasteiger partial charge on any atom is 0.147 e. The molecule has 3 N–H and O–H groups in total. The third-order valence-corrected chi connectivity index (χ3v) is 5.47. The summed E-state index contributed by atoms with van der Waals surface area (Å²) >= 11 is 0. The maximum absolute atomic E-state index is 5.88. The third-order valence-electron chi connectivity index (χ3n) is 5.47. The van der Waals surface area contributed by atoms with E-state index in [1.165, 1.54) is 5.56 Å². The van der Waals surface area contributed by atoms with E-state index < -0.39 is 0 Å². The maximum atomic E-state index is 5.88. The van der Waals surface area contributed by atoms with E-state index >= 15 is 0 Å². The minimum absolute atomic E-state index is 0.437. The molecule has 1 fully saturated rings. The Morgan fingerprint density at radius 3 is 2.57 bits per heavy atom. The zero-order chi connectivity index (χ0) is 19.3. The molecule has 28 heavy (non-hydrogen) atoms. The van der Waals surface area contributed by atoms with Crippen LogP contribution in [0.25, 0.3) is 22.2 Å². The SMILES string of the molecule is CC1CN(c2cnc3ccc(-c4ccc5c(c4)N=C(N)C5)cc3n2)CC(C)N1. The molecule has 6 heteroatoms. The van der Waals surface area contributed by atoms with E-state index in [2.05, 4.69) is 64.4 Å². The summed E-state index contributed by atoms with van der Waals surface area (Å²) in [4.78, 5) is 16.3. The normalized spacial score (nSPS) is 21.6. The predicted molar refractivity (Wildman–Crippen MR) is 114 cm³/mol. The van der Waals surface area contributed by atoms with Crippen LogP contribution in [0.5, 0.6) is 0 Å². The molecular formula is C22H24N6. The molecule has 0 spiro atoms. The van der Waals surface area contributed by atoms with Crippen LogP contribution >= 0.6 is 0 Å². The van der Waals surface area contributed by atoms with Crippen molar-refractivity contribution in [1.29, 1.82) is 0 Å². The molecule has 142 valence electrons. The first-order valence-electron chi connectivity index (χ1n) is 9.79. The third kappa shape index (κ3) is 3.10. The number of nitrogens with two attached hydrogens (primary N) is 1. The van der Waals surface area contributed by atoms with Crippen molar-refractivity contribution in [2.75, 3.05) is 18.0 Å². The molecule has 1 aromatic heterocycles. The van der Waals surface area contributed by atoms with E-state index in [9.17, 15) is 0 Å². The lowest BCUT2D eigenvalue weighted by atomic mass is 10.0. The molecule has 2 aliphatic rings. The molecule has 0 amide bonds. The van der Waals surface area contributed by atoms with Crippen molar-refractivity contribution < 1.29 is 0 Å². The van der Waals surface area contributed by atoms with Crippen molar-refractivity contribution in [2.24, 2.45) is 10.7 Å². The van der Waals surface area contributed by atoms with Crippen molar-refractivity contribution in [3.05, 3.63) is 48.2 Å². The van der Waals surface area contributed by atoms with Gasteiger partial charge < -0.3 is 16.0 Å². The molecule has 0 aliphatic carbocycles. The molecule has 1 saturated heterocycles. The summed E-state index contributed by atoms with van der Waals surface area (Å²) in [7, 11) is 0. The van der Waals surface area contributed by atoms with Crippen LogP contribution in [-0.2, 0) is 6.42 Å². The lowest BCUT2D eigenvalue weighted by Crippen LogP contribution is -2.54. The second kappa shape index (κ2) is 6.56. The fourth-order valence-electron chi connectivity index (χ4n) is 4.23. The number of hydrogen-bond acceptors (Lipinski definition) is 6. The molecule has 2 aromatic carbocycles. The Morgan fingerprint density at radius 2 is 1.75 bits per heavy atom. The van der Waals surface area contributed by atoms with E-state index in [1.54, 1.807) is 0 Å². The van der Waals surface area contributed by atoms with Gasteiger partial charge in [0.1, 0.15) is 11.7 Å². The predicted octanol–water partition coefficient (Wildman–Crippen LogP) is 3.03. The first-order valence-corrected chi connectivity index (χ1v) is 9.79. The summed E-state index contributed by atoms with van der Waals surface area (Å²) in [6, 6.07) is 13.5. The van der Waals surface area contributed by atoms with Crippen molar-refractivity contribution in [3.8, 4) is 11.1 Å². The van der Waals surface area contributed by atoms with Crippen LogP contribution in [0.1, 0.15) is 19.4 Å². The largest absolute Gasteiger partial charge is 0.387 e. The highest BCUT2D eigenvalue weighted by Crippen LogP contribution is 2.32. The van der Waals surface area contributed by atoms with E-state index in [0.29, 0.717) is 17.9 Å². The van der Waals surface area contributed by atoms with Crippen LogP contribution in [-0.4, -0.2) is 41.0 Å². The summed E-state index contributed by atoms with van der Waals surface area (Å²) in [5.74, 6) is 1.62. The Kier molecular flexibility index (Phi) is 4.02. The molecule has 3 aromatic rings. The number of anilines is 1. The zero-order valence-electron chi connectivity index (χ0n) is 16.2. The lowest BCUT2D eigenvalue weighted by molar-refractivity contribution is 0.405. The number of rotatable bonds is 2. The van der Waals surface area contributed by atoms with Gasteiger partial charge >= 0.3 is 0 Å². The van der Waals surface area contributed by atoms with Gasteiger partial charge in [-0.1, -0.05) is 18.2 Å². The standard InChI is InChI=1S/C22H24N6/c1-13-11-28(12-14(2)25-13)22-10-24-18-6-5-16(8-20(18)27-22)15-3-4-17-9-21(23)26-19(17)7-15/h3-8,10,13-14,25H,9,11-12H2,1-2H3,(H2,23,26). The lowest BCUT2D eigenvalue weighted by Gasteiger charge is -2.36. The minimum atomic E-state index is 0.437. The minimum Gasteiger partial charge on any atom is -0.387 e. The van der Waals surface area contributed by atoms with Crippen molar-refractivity contribution in [3.63, 3.8) is 0 Å². The van der Waals surface area contributed by atoms with Crippen LogP contribution in [0.15, 0.2) is 47.6 Å². The van der Waals surface area contributed by atoms with Gasteiger partial charge in [0, 0.05) is 31.6 Å². The number of aliphatic imine (C=N–C) groups is 1. The fraction of sp³-hybridized carbons (Fsp3) is 0.318. The molecule has 0 bridgehead atoms. The Balaban J connectivity index is 1.51. The second-order valence-electron chi connectivity index (χ2n) is 7.93. The summed E-state index contributed by atoms with van der Waals surface area (Å²) in [6.45, 7) is 6.29. The number of fused-ring (bicyclic) bond motifs is 2. The number of benzene rings is 2. The first kappa shape index (κ1) is 17.1. The zero-order valence-corrected chi connectivity index (χ0v) is 16.2. The highest BCUT2D eigenvalue weighted by molar-refractivity contribution is 5.92. The smallest absolute Gasteiger partial charge is 0.147 e. The van der Waals surface area contributed by atoms with E-state index in [-0.39, 0.29) is 0 Å². The van der Waals surface area contributed by atoms with Gasteiger partial charge in [-0.2, -0.15) is 0 Å². The van der Waals surface area contributed by atoms with Crippen LogP contribution in [0, 0.1) is 0 Å². The molecule has 2 aliphatic heterocycles. The molecule has 2 atom stereocenters. The van der Waals surface area contributed by atoms with Gasteiger partial charge in [-0.05, 0) is 48.7 Å². The van der Waals surface area contributed by atoms with Crippen molar-refractivity contribution in [2.45, 2.75) is 32.4 Å². The number of aromatic nitrogens is 2. The summed E-state index contributed by atoms with van der Waals surface area (Å²) in [5, 5.41) is 3.56. The molecule has 6 nitrogen and oxygen atoms in total. The topological polar surface area (TPSA) is 79.4 Å². The molecule has 0 radical (unpaired) electrons. The molecule has 3 heterocycles. The average Bonchev–Trinajstić information content (AvgIpc) is 3.05.